The zero-order valence-corrected chi connectivity index (χ0v) is 10.5. The molecule has 1 aliphatic carbocycles. The Kier molecular flexibility index (Phi) is 3.79. The van der Waals surface area contributed by atoms with E-state index in [9.17, 15) is 4.79 Å². The second-order valence-electron chi connectivity index (χ2n) is 4.91. The second-order valence-corrected chi connectivity index (χ2v) is 4.91. The summed E-state index contributed by atoms with van der Waals surface area (Å²) in [5.41, 5.74) is 0.872. The maximum absolute atomic E-state index is 11.9. The van der Waals surface area contributed by atoms with Gasteiger partial charge in [0.25, 0.3) is 0 Å². The van der Waals surface area contributed by atoms with Crippen molar-refractivity contribution in [3.63, 3.8) is 0 Å². The summed E-state index contributed by atoms with van der Waals surface area (Å²) in [6.07, 6.45) is 2.47. The first-order valence-corrected chi connectivity index (χ1v) is 6.27. The lowest BCUT2D eigenvalue weighted by Crippen LogP contribution is -2.39. The van der Waals surface area contributed by atoms with E-state index < -0.39 is 0 Å². The minimum Gasteiger partial charge on any atom is -0.325 e. The summed E-state index contributed by atoms with van der Waals surface area (Å²) >= 11 is 0. The summed E-state index contributed by atoms with van der Waals surface area (Å²) in [7, 11) is 0. The van der Waals surface area contributed by atoms with E-state index in [1.165, 1.54) is 12.8 Å². The molecule has 1 fully saturated rings. The van der Waals surface area contributed by atoms with Gasteiger partial charge in [-0.1, -0.05) is 18.2 Å². The smallest absolute Gasteiger partial charge is 0.238 e. The van der Waals surface area contributed by atoms with Crippen molar-refractivity contribution >= 4 is 11.6 Å². The van der Waals surface area contributed by atoms with Gasteiger partial charge in [0.05, 0.1) is 6.54 Å². The molecule has 0 atom stereocenters. The largest absolute Gasteiger partial charge is 0.325 e. The third-order valence-electron chi connectivity index (χ3n) is 3.06. The Labute approximate surface area is 103 Å². The van der Waals surface area contributed by atoms with Crippen LogP contribution in [0.15, 0.2) is 30.3 Å². The zero-order valence-electron chi connectivity index (χ0n) is 10.5. The van der Waals surface area contributed by atoms with Crippen LogP contribution in [0.2, 0.25) is 0 Å². The minimum absolute atomic E-state index is 0.0804. The Bertz CT molecular complexity index is 369. The summed E-state index contributed by atoms with van der Waals surface area (Å²) in [5, 5.41) is 2.93. The van der Waals surface area contributed by atoms with Crippen molar-refractivity contribution in [3.8, 4) is 0 Å². The number of carbonyl (C=O) groups is 1. The fraction of sp³-hybridized carbons (Fsp3) is 0.500. The first-order valence-electron chi connectivity index (χ1n) is 6.27. The van der Waals surface area contributed by atoms with Gasteiger partial charge < -0.3 is 5.32 Å². The highest BCUT2D eigenvalue weighted by molar-refractivity contribution is 5.92. The maximum atomic E-state index is 11.9. The Morgan fingerprint density at radius 2 is 2.00 bits per heavy atom. The predicted octanol–water partition coefficient (Wildman–Crippen LogP) is 2.50. The molecule has 3 nitrogen and oxygen atoms in total. The van der Waals surface area contributed by atoms with Gasteiger partial charge in [-0.05, 0) is 38.8 Å². The Hall–Kier alpha value is -1.35. The van der Waals surface area contributed by atoms with Gasteiger partial charge in [0.15, 0.2) is 0 Å². The van der Waals surface area contributed by atoms with E-state index in [1.807, 2.05) is 30.3 Å². The number of hydrogen-bond acceptors (Lipinski definition) is 2. The van der Waals surface area contributed by atoms with Gasteiger partial charge >= 0.3 is 0 Å². The first kappa shape index (κ1) is 12.1. The molecule has 0 aromatic heterocycles. The lowest BCUT2D eigenvalue weighted by molar-refractivity contribution is -0.117. The third kappa shape index (κ3) is 3.56. The minimum atomic E-state index is 0.0804. The van der Waals surface area contributed by atoms with Crippen LogP contribution < -0.4 is 5.32 Å². The van der Waals surface area contributed by atoms with Gasteiger partial charge in [0.1, 0.15) is 0 Å². The molecule has 1 aromatic rings. The van der Waals surface area contributed by atoms with Crippen LogP contribution in [-0.4, -0.2) is 29.4 Å². The van der Waals surface area contributed by atoms with Crippen LogP contribution in [0.1, 0.15) is 26.7 Å². The summed E-state index contributed by atoms with van der Waals surface area (Å²) in [6, 6.07) is 10.7. The quantitative estimate of drug-likeness (QED) is 0.846. The van der Waals surface area contributed by atoms with Crippen LogP contribution in [-0.2, 0) is 4.79 Å². The van der Waals surface area contributed by atoms with Gasteiger partial charge in [-0.25, -0.2) is 0 Å². The molecule has 1 aliphatic rings. The monoisotopic (exact) mass is 232 g/mol. The van der Waals surface area contributed by atoms with E-state index in [2.05, 4.69) is 24.1 Å². The molecule has 0 aliphatic heterocycles. The van der Waals surface area contributed by atoms with Gasteiger partial charge in [0, 0.05) is 17.8 Å². The van der Waals surface area contributed by atoms with Crippen molar-refractivity contribution in [2.75, 3.05) is 11.9 Å². The predicted molar refractivity (Wildman–Crippen MR) is 69.9 cm³/mol. The average molecular weight is 232 g/mol. The topological polar surface area (TPSA) is 32.3 Å². The van der Waals surface area contributed by atoms with Crippen molar-refractivity contribution in [2.45, 2.75) is 38.8 Å². The average Bonchev–Trinajstić information content (AvgIpc) is 3.11. The van der Waals surface area contributed by atoms with E-state index >= 15 is 0 Å². The second kappa shape index (κ2) is 5.32. The molecule has 1 saturated carbocycles. The van der Waals surface area contributed by atoms with Crippen molar-refractivity contribution in [1.29, 1.82) is 0 Å². The molecule has 0 radical (unpaired) electrons. The lowest BCUT2D eigenvalue weighted by Gasteiger charge is -2.25. The first-order chi connectivity index (χ1) is 8.16. The normalized spacial score (nSPS) is 15.3. The number of nitrogens with zero attached hydrogens (tertiary/aromatic N) is 1. The highest BCUT2D eigenvalue weighted by Crippen LogP contribution is 2.28. The van der Waals surface area contributed by atoms with E-state index in [4.69, 9.17) is 0 Å². The number of hydrogen-bond donors (Lipinski definition) is 1. The van der Waals surface area contributed by atoms with Crippen LogP contribution >= 0.6 is 0 Å². The van der Waals surface area contributed by atoms with Crippen LogP contribution in [0.5, 0.6) is 0 Å². The fourth-order valence-electron chi connectivity index (χ4n) is 2.03. The van der Waals surface area contributed by atoms with Crippen molar-refractivity contribution in [3.05, 3.63) is 30.3 Å². The SMILES string of the molecule is CC(C)N(CC(=O)Nc1ccccc1)C1CC1. The summed E-state index contributed by atoms with van der Waals surface area (Å²) < 4.78 is 0. The van der Waals surface area contributed by atoms with Crippen molar-refractivity contribution in [1.82, 2.24) is 4.90 Å². The molecular weight excluding hydrogens is 212 g/mol. The molecule has 0 saturated heterocycles. The third-order valence-corrected chi connectivity index (χ3v) is 3.06. The molecule has 0 bridgehead atoms. The lowest BCUT2D eigenvalue weighted by atomic mass is 10.3. The molecule has 1 aromatic carbocycles. The van der Waals surface area contributed by atoms with Gasteiger partial charge in [0.2, 0.25) is 5.91 Å². The molecule has 0 heterocycles. The Morgan fingerprint density at radius 1 is 1.35 bits per heavy atom. The molecule has 92 valence electrons. The number of para-hydroxylation sites is 1. The number of rotatable bonds is 5. The van der Waals surface area contributed by atoms with E-state index in [0.717, 1.165) is 5.69 Å². The number of nitrogens with one attached hydrogen (secondary N) is 1. The van der Waals surface area contributed by atoms with E-state index in [-0.39, 0.29) is 5.91 Å². The van der Waals surface area contributed by atoms with Gasteiger partial charge in [-0.15, -0.1) is 0 Å². The van der Waals surface area contributed by atoms with Gasteiger partial charge in [-0.2, -0.15) is 0 Å². The number of anilines is 1. The Balaban J connectivity index is 1.88. The van der Waals surface area contributed by atoms with Crippen LogP contribution in [0, 0.1) is 0 Å². The van der Waals surface area contributed by atoms with Crippen molar-refractivity contribution < 1.29 is 4.79 Å². The summed E-state index contributed by atoms with van der Waals surface area (Å²) in [5.74, 6) is 0.0804. The number of carbonyl (C=O) groups excluding carboxylic acids is 1. The molecule has 3 heteroatoms. The zero-order chi connectivity index (χ0) is 12.3. The van der Waals surface area contributed by atoms with Crippen LogP contribution in [0.4, 0.5) is 5.69 Å². The number of amides is 1. The molecule has 2 rings (SSSR count). The van der Waals surface area contributed by atoms with Crippen LogP contribution in [0.25, 0.3) is 0 Å². The molecule has 17 heavy (non-hydrogen) atoms. The van der Waals surface area contributed by atoms with Crippen molar-refractivity contribution in [2.24, 2.45) is 0 Å². The van der Waals surface area contributed by atoms with E-state index in [0.29, 0.717) is 18.6 Å². The molecule has 0 spiro atoms. The molecule has 1 N–H and O–H groups in total. The summed E-state index contributed by atoms with van der Waals surface area (Å²) in [4.78, 5) is 14.2. The van der Waals surface area contributed by atoms with E-state index in [1.54, 1.807) is 0 Å². The highest BCUT2D eigenvalue weighted by Gasteiger charge is 2.31. The van der Waals surface area contributed by atoms with Crippen LogP contribution in [0.3, 0.4) is 0 Å². The standard InChI is InChI=1S/C14H20N2O/c1-11(2)16(13-8-9-13)10-14(17)15-12-6-4-3-5-7-12/h3-7,11,13H,8-10H2,1-2H3,(H,15,17). The molecule has 0 unspecified atom stereocenters. The van der Waals surface area contributed by atoms with Gasteiger partial charge in [-0.3, -0.25) is 9.69 Å². The fourth-order valence-corrected chi connectivity index (χ4v) is 2.03. The number of benzene rings is 1. The maximum Gasteiger partial charge on any atom is 0.238 e. The Morgan fingerprint density at radius 3 is 2.53 bits per heavy atom. The highest BCUT2D eigenvalue weighted by atomic mass is 16.2. The summed E-state index contributed by atoms with van der Waals surface area (Å²) in [6.45, 7) is 4.79. The molecule has 1 amide bonds. The molecular formula is C14H20N2O.